The van der Waals surface area contributed by atoms with Crippen LogP contribution in [-0.4, -0.2) is 46.3 Å². The van der Waals surface area contributed by atoms with Crippen LogP contribution < -0.4 is 10.2 Å². The van der Waals surface area contributed by atoms with Gasteiger partial charge in [0.25, 0.3) is 0 Å². The van der Waals surface area contributed by atoms with Gasteiger partial charge in [0.05, 0.1) is 0 Å². The highest BCUT2D eigenvalue weighted by molar-refractivity contribution is 5.78. The summed E-state index contributed by atoms with van der Waals surface area (Å²) >= 11 is 0. The third-order valence-corrected chi connectivity index (χ3v) is 2.58. The van der Waals surface area contributed by atoms with E-state index in [9.17, 15) is 4.79 Å². The van der Waals surface area contributed by atoms with Gasteiger partial charge in [0.1, 0.15) is 6.04 Å². The first-order chi connectivity index (χ1) is 7.20. The molecule has 15 heavy (non-hydrogen) atoms. The topological polar surface area (TPSA) is 70.4 Å². The average Bonchev–Trinajstić information content (AvgIpc) is 2.64. The maximum absolute atomic E-state index is 11.1. The number of nitrogens with zero attached hydrogens (tertiary/aromatic N) is 3. The molecule has 1 atom stereocenters. The lowest BCUT2D eigenvalue weighted by atomic mass is 10.2. The third kappa shape index (κ3) is 1.80. The first-order valence-corrected chi connectivity index (χ1v) is 4.87. The number of carbonyl (C=O) groups is 1. The number of carboxylic acids is 1. The Morgan fingerprint density at radius 1 is 1.73 bits per heavy atom. The van der Waals surface area contributed by atoms with Crippen LogP contribution in [0.5, 0.6) is 0 Å². The van der Waals surface area contributed by atoms with Crippen molar-refractivity contribution in [2.24, 2.45) is 7.05 Å². The largest absolute Gasteiger partial charge is 0.480 e. The number of piperazine rings is 1. The van der Waals surface area contributed by atoms with Gasteiger partial charge in [0.2, 0.25) is 5.95 Å². The molecule has 1 aromatic heterocycles. The summed E-state index contributed by atoms with van der Waals surface area (Å²) in [5.74, 6) is -0.103. The van der Waals surface area contributed by atoms with Crippen molar-refractivity contribution in [2.75, 3.05) is 24.5 Å². The van der Waals surface area contributed by atoms with E-state index in [0.717, 1.165) is 6.54 Å². The van der Waals surface area contributed by atoms with Gasteiger partial charge in [0.15, 0.2) is 0 Å². The Hall–Kier alpha value is -1.56. The molecule has 1 saturated heterocycles. The Bertz CT molecular complexity index is 363. The van der Waals surface area contributed by atoms with E-state index in [1.807, 2.05) is 22.7 Å². The second-order valence-electron chi connectivity index (χ2n) is 3.59. The summed E-state index contributed by atoms with van der Waals surface area (Å²) in [5.41, 5.74) is 0. The van der Waals surface area contributed by atoms with Gasteiger partial charge in [0, 0.05) is 39.1 Å². The number of anilines is 1. The molecule has 1 aliphatic heterocycles. The van der Waals surface area contributed by atoms with Crippen LogP contribution in [0.25, 0.3) is 0 Å². The molecule has 1 fully saturated rings. The van der Waals surface area contributed by atoms with Gasteiger partial charge in [-0.2, -0.15) is 0 Å². The minimum Gasteiger partial charge on any atom is -0.480 e. The lowest BCUT2D eigenvalue weighted by Gasteiger charge is -2.34. The lowest BCUT2D eigenvalue weighted by molar-refractivity contribution is -0.138. The normalized spacial score (nSPS) is 21.7. The Labute approximate surface area is 87.5 Å². The van der Waals surface area contributed by atoms with Crippen LogP contribution in [0.2, 0.25) is 0 Å². The molecule has 0 bridgehead atoms. The molecule has 6 nitrogen and oxygen atoms in total. The highest BCUT2D eigenvalue weighted by atomic mass is 16.4. The highest BCUT2D eigenvalue weighted by Gasteiger charge is 2.30. The fraction of sp³-hybridized carbons (Fsp3) is 0.556. The molecule has 0 spiro atoms. The van der Waals surface area contributed by atoms with Crippen LogP contribution in [0, 0.1) is 0 Å². The van der Waals surface area contributed by atoms with Gasteiger partial charge in [-0.05, 0) is 0 Å². The van der Waals surface area contributed by atoms with Gasteiger partial charge in [-0.15, -0.1) is 0 Å². The first-order valence-electron chi connectivity index (χ1n) is 4.87. The number of nitrogens with one attached hydrogen (secondary N) is 1. The summed E-state index contributed by atoms with van der Waals surface area (Å²) < 4.78 is 1.83. The molecule has 0 aromatic carbocycles. The van der Waals surface area contributed by atoms with Crippen LogP contribution in [-0.2, 0) is 11.8 Å². The Morgan fingerprint density at radius 2 is 2.53 bits per heavy atom. The molecule has 1 unspecified atom stereocenters. The van der Waals surface area contributed by atoms with Gasteiger partial charge in [-0.25, -0.2) is 9.78 Å². The zero-order valence-corrected chi connectivity index (χ0v) is 8.55. The maximum atomic E-state index is 11.1. The van der Waals surface area contributed by atoms with Crippen LogP contribution in [0.3, 0.4) is 0 Å². The molecule has 1 aliphatic rings. The molecule has 6 heteroatoms. The van der Waals surface area contributed by atoms with Crippen molar-refractivity contribution in [3.05, 3.63) is 12.4 Å². The molecule has 1 aromatic rings. The Kier molecular flexibility index (Phi) is 2.59. The van der Waals surface area contributed by atoms with E-state index in [4.69, 9.17) is 5.11 Å². The van der Waals surface area contributed by atoms with E-state index in [1.165, 1.54) is 0 Å². The van der Waals surface area contributed by atoms with E-state index in [-0.39, 0.29) is 0 Å². The van der Waals surface area contributed by atoms with Crippen LogP contribution in [0.15, 0.2) is 12.4 Å². The van der Waals surface area contributed by atoms with E-state index in [1.54, 1.807) is 6.20 Å². The number of hydrogen-bond donors (Lipinski definition) is 2. The van der Waals surface area contributed by atoms with Gasteiger partial charge < -0.3 is 19.9 Å². The second kappa shape index (κ2) is 3.90. The number of aromatic nitrogens is 2. The standard InChI is InChI=1S/C9H14N4O2/c1-12-4-3-11-9(12)13-5-2-10-6-7(13)8(14)15/h3-4,7,10H,2,5-6H2,1H3,(H,14,15). The quantitative estimate of drug-likeness (QED) is 0.674. The molecule has 0 radical (unpaired) electrons. The number of aryl methyl sites for hydroxylation is 1. The highest BCUT2D eigenvalue weighted by Crippen LogP contribution is 2.15. The molecule has 0 aliphatic carbocycles. The molecule has 82 valence electrons. The van der Waals surface area contributed by atoms with Crippen molar-refractivity contribution >= 4 is 11.9 Å². The minimum atomic E-state index is -0.815. The SMILES string of the molecule is Cn1ccnc1N1CCNCC1C(=O)O. The Morgan fingerprint density at radius 3 is 3.13 bits per heavy atom. The number of aliphatic carboxylic acids is 1. The first kappa shape index (κ1) is 9.97. The molecular weight excluding hydrogens is 196 g/mol. The van der Waals surface area contributed by atoms with Crippen LogP contribution in [0.4, 0.5) is 5.95 Å². The number of imidazole rings is 1. The van der Waals surface area contributed by atoms with Crippen molar-refractivity contribution in [1.82, 2.24) is 14.9 Å². The summed E-state index contributed by atoms with van der Waals surface area (Å²) in [4.78, 5) is 17.0. The van der Waals surface area contributed by atoms with Gasteiger partial charge >= 0.3 is 5.97 Å². The predicted molar refractivity (Wildman–Crippen MR) is 54.8 cm³/mol. The summed E-state index contributed by atoms with van der Waals surface area (Å²) in [6.07, 6.45) is 3.49. The molecular formula is C9H14N4O2. The summed E-state index contributed by atoms with van der Waals surface area (Å²) in [6.45, 7) is 1.92. The van der Waals surface area contributed by atoms with E-state index in [0.29, 0.717) is 19.0 Å². The number of hydrogen-bond acceptors (Lipinski definition) is 4. The second-order valence-corrected chi connectivity index (χ2v) is 3.59. The fourth-order valence-corrected chi connectivity index (χ4v) is 1.80. The molecule has 2 N–H and O–H groups in total. The summed E-state index contributed by atoms with van der Waals surface area (Å²) in [7, 11) is 1.86. The van der Waals surface area contributed by atoms with Crippen molar-refractivity contribution < 1.29 is 9.90 Å². The van der Waals surface area contributed by atoms with Crippen LogP contribution in [0.1, 0.15) is 0 Å². The van der Waals surface area contributed by atoms with E-state index < -0.39 is 12.0 Å². The average molecular weight is 210 g/mol. The number of rotatable bonds is 2. The zero-order chi connectivity index (χ0) is 10.8. The van der Waals surface area contributed by atoms with Crippen molar-refractivity contribution in [3.8, 4) is 0 Å². The summed E-state index contributed by atoms with van der Waals surface area (Å²) in [5, 5.41) is 12.1. The van der Waals surface area contributed by atoms with Crippen molar-refractivity contribution in [2.45, 2.75) is 6.04 Å². The molecule has 0 amide bonds. The third-order valence-electron chi connectivity index (χ3n) is 2.58. The predicted octanol–water partition coefficient (Wildman–Crippen LogP) is -0.717. The molecule has 2 rings (SSSR count). The van der Waals surface area contributed by atoms with Crippen LogP contribution >= 0.6 is 0 Å². The monoisotopic (exact) mass is 210 g/mol. The van der Waals surface area contributed by atoms with Gasteiger partial charge in [-0.3, -0.25) is 0 Å². The lowest BCUT2D eigenvalue weighted by Crippen LogP contribution is -2.55. The fourth-order valence-electron chi connectivity index (χ4n) is 1.80. The minimum absolute atomic E-state index is 0.461. The van der Waals surface area contributed by atoms with Gasteiger partial charge in [-0.1, -0.05) is 0 Å². The van der Waals surface area contributed by atoms with Crippen molar-refractivity contribution in [1.29, 1.82) is 0 Å². The van der Waals surface area contributed by atoms with Crippen molar-refractivity contribution in [3.63, 3.8) is 0 Å². The maximum Gasteiger partial charge on any atom is 0.327 e. The zero-order valence-electron chi connectivity index (χ0n) is 8.55. The van der Waals surface area contributed by atoms with E-state index >= 15 is 0 Å². The molecule has 2 heterocycles. The smallest absolute Gasteiger partial charge is 0.327 e. The molecule has 0 saturated carbocycles. The summed E-state index contributed by atoms with van der Waals surface area (Å²) in [6, 6.07) is -0.528. The number of carboxylic acid groups (broad SMARTS) is 1. The van der Waals surface area contributed by atoms with E-state index in [2.05, 4.69) is 10.3 Å². The Balaban J connectivity index is 2.25.